The predicted molar refractivity (Wildman–Crippen MR) is 138 cm³/mol. The van der Waals surface area contributed by atoms with Gasteiger partial charge in [0.05, 0.1) is 24.5 Å². The zero-order valence-electron chi connectivity index (χ0n) is 20.0. The first kappa shape index (κ1) is 25.0. The van der Waals surface area contributed by atoms with Gasteiger partial charge in [0, 0.05) is 42.4 Å². The topological polar surface area (TPSA) is 110 Å². The fourth-order valence-electron chi connectivity index (χ4n) is 4.52. The Morgan fingerprint density at radius 1 is 1.08 bits per heavy atom. The first-order valence-corrected chi connectivity index (χ1v) is 12.3. The molecule has 0 aromatic heterocycles. The van der Waals surface area contributed by atoms with Crippen LogP contribution in [0, 0.1) is 0 Å². The number of fused-ring (bicyclic) bond motifs is 1. The van der Waals surface area contributed by atoms with E-state index in [1.54, 1.807) is 11.0 Å². The molecule has 2 fully saturated rings. The smallest absolute Gasteiger partial charge is 0.271 e. The molecule has 5 rings (SSSR count). The van der Waals surface area contributed by atoms with E-state index in [9.17, 15) is 14.7 Å². The molecule has 37 heavy (non-hydrogen) atoms. The number of benzene rings is 3. The number of rotatable bonds is 6. The van der Waals surface area contributed by atoms with Crippen molar-refractivity contribution in [3.63, 3.8) is 0 Å². The number of aromatic hydroxyl groups is 1. The van der Waals surface area contributed by atoms with Gasteiger partial charge in [0.2, 0.25) is 0 Å². The summed E-state index contributed by atoms with van der Waals surface area (Å²) in [7, 11) is 0. The lowest BCUT2D eigenvalue weighted by atomic mass is 10.0. The third-order valence-corrected chi connectivity index (χ3v) is 6.84. The highest BCUT2D eigenvalue weighted by Crippen LogP contribution is 2.32. The van der Waals surface area contributed by atoms with Crippen LogP contribution in [0.15, 0.2) is 59.7 Å². The summed E-state index contributed by atoms with van der Waals surface area (Å²) in [5, 5.41) is 15.3. The van der Waals surface area contributed by atoms with Gasteiger partial charge in [0.1, 0.15) is 11.5 Å². The summed E-state index contributed by atoms with van der Waals surface area (Å²) in [4.78, 5) is 26.9. The molecule has 1 spiro atoms. The molecule has 2 heterocycles. The molecular formula is C27H26ClN3O6. The number of ether oxygens (including phenoxy) is 3. The summed E-state index contributed by atoms with van der Waals surface area (Å²) in [5.41, 5.74) is 3.49. The van der Waals surface area contributed by atoms with Gasteiger partial charge < -0.3 is 24.2 Å². The minimum absolute atomic E-state index is 0.0720. The third kappa shape index (κ3) is 5.53. The molecule has 10 heteroatoms. The number of nitrogens with one attached hydrogen (secondary N) is 1. The lowest BCUT2D eigenvalue weighted by Gasteiger charge is -2.37. The second kappa shape index (κ2) is 10.8. The molecule has 2 aliphatic heterocycles. The van der Waals surface area contributed by atoms with E-state index in [4.69, 9.17) is 25.8 Å². The van der Waals surface area contributed by atoms with Crippen molar-refractivity contribution in [2.24, 2.45) is 5.10 Å². The molecule has 3 aromatic rings. The number of amides is 2. The van der Waals surface area contributed by atoms with Crippen LogP contribution in [0.4, 0.5) is 0 Å². The Labute approximate surface area is 218 Å². The van der Waals surface area contributed by atoms with Gasteiger partial charge in [-0.1, -0.05) is 35.9 Å². The Bertz CT molecular complexity index is 1350. The quantitative estimate of drug-likeness (QED) is 0.376. The summed E-state index contributed by atoms with van der Waals surface area (Å²) in [6.45, 7) is 2.27. The summed E-state index contributed by atoms with van der Waals surface area (Å²) in [6, 6.07) is 15.4. The number of carbonyl (C=O) groups is 2. The molecule has 0 radical (unpaired) electrons. The van der Waals surface area contributed by atoms with Crippen molar-refractivity contribution in [2.75, 3.05) is 32.9 Å². The average Bonchev–Trinajstić information content (AvgIpc) is 3.37. The van der Waals surface area contributed by atoms with Crippen molar-refractivity contribution in [2.45, 2.75) is 18.6 Å². The van der Waals surface area contributed by atoms with E-state index >= 15 is 0 Å². The van der Waals surface area contributed by atoms with Crippen LogP contribution >= 0.6 is 11.6 Å². The number of carbonyl (C=O) groups excluding carboxylic acids is 2. The van der Waals surface area contributed by atoms with E-state index in [0.717, 1.165) is 16.3 Å². The zero-order valence-corrected chi connectivity index (χ0v) is 20.7. The molecule has 0 bridgehead atoms. The standard InChI is InChI=1S/C27H26ClN3O6/c28-22-15-18(5-7-23(22)32)26(34)30-29-16-19-6-8-24(21-4-2-1-3-20(19)21)35-17-25(33)31-11-9-27(10-12-31)36-13-14-37-27/h1-8,15-16,32H,9-14,17H2,(H,30,34). The third-order valence-electron chi connectivity index (χ3n) is 6.54. The summed E-state index contributed by atoms with van der Waals surface area (Å²) >= 11 is 5.87. The van der Waals surface area contributed by atoms with Gasteiger partial charge in [0.25, 0.3) is 11.8 Å². The Balaban J connectivity index is 1.22. The maximum absolute atomic E-state index is 12.8. The molecule has 2 saturated heterocycles. The fraction of sp³-hybridized carbons (Fsp3) is 0.296. The molecule has 192 valence electrons. The van der Waals surface area contributed by atoms with Crippen LogP contribution in [0.5, 0.6) is 11.5 Å². The number of nitrogens with zero attached hydrogens (tertiary/aromatic N) is 2. The maximum atomic E-state index is 12.8. The molecule has 0 saturated carbocycles. The molecule has 0 atom stereocenters. The van der Waals surface area contributed by atoms with E-state index in [1.807, 2.05) is 30.3 Å². The van der Waals surface area contributed by atoms with Gasteiger partial charge in [-0.25, -0.2) is 5.43 Å². The van der Waals surface area contributed by atoms with Crippen molar-refractivity contribution >= 4 is 40.4 Å². The molecule has 2 aliphatic rings. The van der Waals surface area contributed by atoms with Crippen LogP contribution < -0.4 is 10.2 Å². The molecule has 0 aliphatic carbocycles. The highest BCUT2D eigenvalue weighted by atomic mass is 35.5. The number of hydrazone groups is 1. The normalized spacial score (nSPS) is 16.9. The Morgan fingerprint density at radius 2 is 1.81 bits per heavy atom. The molecule has 2 amide bonds. The van der Waals surface area contributed by atoms with Crippen molar-refractivity contribution in [3.8, 4) is 11.5 Å². The molecular weight excluding hydrogens is 498 g/mol. The van der Waals surface area contributed by atoms with E-state index in [1.165, 1.54) is 24.4 Å². The Morgan fingerprint density at radius 3 is 2.54 bits per heavy atom. The summed E-state index contributed by atoms with van der Waals surface area (Å²) in [5.74, 6) is -0.591. The number of likely N-dealkylation sites (tertiary alicyclic amines) is 1. The largest absolute Gasteiger partial charge is 0.506 e. The lowest BCUT2D eigenvalue weighted by Crippen LogP contribution is -2.48. The maximum Gasteiger partial charge on any atom is 0.271 e. The second-order valence-electron chi connectivity index (χ2n) is 8.84. The van der Waals surface area contributed by atoms with Crippen molar-refractivity contribution in [3.05, 3.63) is 70.7 Å². The Kier molecular flexibility index (Phi) is 7.27. The van der Waals surface area contributed by atoms with Crippen LogP contribution in [-0.4, -0.2) is 66.7 Å². The van der Waals surface area contributed by atoms with Gasteiger partial charge in [-0.2, -0.15) is 5.10 Å². The number of hydrogen-bond acceptors (Lipinski definition) is 7. The van der Waals surface area contributed by atoms with E-state index in [0.29, 0.717) is 44.9 Å². The zero-order chi connectivity index (χ0) is 25.8. The molecule has 2 N–H and O–H groups in total. The average molecular weight is 524 g/mol. The summed E-state index contributed by atoms with van der Waals surface area (Å²) in [6.07, 6.45) is 2.85. The molecule has 3 aromatic carbocycles. The number of hydrogen-bond donors (Lipinski definition) is 2. The Hall–Kier alpha value is -3.66. The number of halogens is 1. The van der Waals surface area contributed by atoms with Crippen LogP contribution in [-0.2, 0) is 14.3 Å². The SMILES string of the molecule is O=C(NN=Cc1ccc(OCC(=O)N2CCC3(CC2)OCCO3)c2ccccc12)c1ccc(O)c(Cl)c1. The molecule has 9 nitrogen and oxygen atoms in total. The monoisotopic (exact) mass is 523 g/mol. The number of phenols is 1. The van der Waals surface area contributed by atoms with Crippen LogP contribution in [0.2, 0.25) is 5.02 Å². The van der Waals surface area contributed by atoms with Crippen LogP contribution in [0.3, 0.4) is 0 Å². The number of phenolic OH excluding ortho intramolecular Hbond substituents is 1. The highest BCUT2D eigenvalue weighted by molar-refractivity contribution is 6.32. The minimum Gasteiger partial charge on any atom is -0.506 e. The predicted octanol–water partition coefficient (Wildman–Crippen LogP) is 3.71. The van der Waals surface area contributed by atoms with E-state index in [-0.39, 0.29) is 28.8 Å². The van der Waals surface area contributed by atoms with Gasteiger partial charge in [0.15, 0.2) is 12.4 Å². The van der Waals surface area contributed by atoms with Crippen LogP contribution in [0.1, 0.15) is 28.8 Å². The van der Waals surface area contributed by atoms with Gasteiger partial charge >= 0.3 is 0 Å². The lowest BCUT2D eigenvalue weighted by molar-refractivity contribution is -0.187. The van der Waals surface area contributed by atoms with Crippen molar-refractivity contribution < 1.29 is 28.9 Å². The van der Waals surface area contributed by atoms with E-state index in [2.05, 4.69) is 10.5 Å². The highest BCUT2D eigenvalue weighted by Gasteiger charge is 2.40. The first-order chi connectivity index (χ1) is 17.9. The van der Waals surface area contributed by atoms with Crippen LogP contribution in [0.25, 0.3) is 10.8 Å². The fourth-order valence-corrected chi connectivity index (χ4v) is 4.70. The molecule has 0 unspecified atom stereocenters. The summed E-state index contributed by atoms with van der Waals surface area (Å²) < 4.78 is 17.4. The van der Waals surface area contributed by atoms with E-state index < -0.39 is 11.7 Å². The van der Waals surface area contributed by atoms with Gasteiger partial charge in [-0.15, -0.1) is 0 Å². The van der Waals surface area contributed by atoms with Crippen molar-refractivity contribution in [1.29, 1.82) is 0 Å². The van der Waals surface area contributed by atoms with Gasteiger partial charge in [-0.3, -0.25) is 9.59 Å². The minimum atomic E-state index is -0.526. The number of piperidine rings is 1. The second-order valence-corrected chi connectivity index (χ2v) is 9.25. The van der Waals surface area contributed by atoms with Gasteiger partial charge in [-0.05, 0) is 35.7 Å². The first-order valence-electron chi connectivity index (χ1n) is 12.0. The van der Waals surface area contributed by atoms with Crippen molar-refractivity contribution in [1.82, 2.24) is 10.3 Å².